The first-order valence-corrected chi connectivity index (χ1v) is 13.8. The Bertz CT molecular complexity index is 1200. The number of carbonyl (C=O) groups excluding carboxylic acids is 3. The van der Waals surface area contributed by atoms with E-state index in [9.17, 15) is 29.1 Å². The monoisotopic (exact) mass is 574 g/mol. The van der Waals surface area contributed by atoms with Gasteiger partial charge in [0, 0.05) is 29.9 Å². The van der Waals surface area contributed by atoms with Gasteiger partial charge >= 0.3 is 11.9 Å². The zero-order valence-electron chi connectivity index (χ0n) is 23.5. The molecule has 0 aliphatic rings. The van der Waals surface area contributed by atoms with Crippen LogP contribution in [0.4, 0.5) is 0 Å². The SMILES string of the molecule is CCC(C)C(NC(=O)C(CCCCN)NC(=O)C(Cc1c[nH]c2ccccc12)NC(=O)C(N)CCC(=O)O)C(=O)O. The fourth-order valence-electron chi connectivity index (χ4n) is 4.39. The molecule has 0 aliphatic heterocycles. The van der Waals surface area contributed by atoms with E-state index in [0.29, 0.717) is 25.8 Å². The predicted molar refractivity (Wildman–Crippen MR) is 153 cm³/mol. The standard InChI is InChI=1S/C28H42N6O7/c1-3-16(2)24(28(40)41)34-26(38)21(10-6-7-13-29)32-27(39)22(33-25(37)19(30)11-12-23(35)36)14-17-15-31-20-9-5-4-8-18(17)20/h4-5,8-9,15-16,19,21-22,24,31H,3,6-7,10-14,29-30H2,1-2H3,(H,32,39)(H,33,37)(H,34,38)(H,35,36)(H,40,41). The van der Waals surface area contributed by atoms with Gasteiger partial charge in [-0.1, -0.05) is 38.5 Å². The van der Waals surface area contributed by atoms with Crippen molar-refractivity contribution in [2.24, 2.45) is 17.4 Å². The van der Waals surface area contributed by atoms with Crippen LogP contribution in [0.2, 0.25) is 0 Å². The van der Waals surface area contributed by atoms with E-state index in [2.05, 4.69) is 20.9 Å². The van der Waals surface area contributed by atoms with Gasteiger partial charge in [-0.3, -0.25) is 19.2 Å². The number of benzene rings is 1. The maximum Gasteiger partial charge on any atom is 0.326 e. The van der Waals surface area contributed by atoms with Crippen LogP contribution in [0.3, 0.4) is 0 Å². The van der Waals surface area contributed by atoms with Gasteiger partial charge < -0.3 is 42.6 Å². The fourth-order valence-corrected chi connectivity index (χ4v) is 4.39. The van der Waals surface area contributed by atoms with E-state index < -0.39 is 53.8 Å². The summed E-state index contributed by atoms with van der Waals surface area (Å²) < 4.78 is 0. The third-order valence-corrected chi connectivity index (χ3v) is 7.09. The van der Waals surface area contributed by atoms with E-state index in [1.807, 2.05) is 31.2 Å². The summed E-state index contributed by atoms with van der Waals surface area (Å²) in [5, 5.41) is 27.2. The number of aromatic nitrogens is 1. The maximum atomic E-state index is 13.6. The van der Waals surface area contributed by atoms with Crippen molar-refractivity contribution >= 4 is 40.6 Å². The molecule has 5 unspecified atom stereocenters. The van der Waals surface area contributed by atoms with E-state index in [1.54, 1.807) is 13.1 Å². The average Bonchev–Trinajstić information content (AvgIpc) is 3.35. The van der Waals surface area contributed by atoms with Gasteiger partial charge in [-0.2, -0.15) is 0 Å². The highest BCUT2D eigenvalue weighted by molar-refractivity contribution is 5.95. The number of para-hydroxylation sites is 1. The second kappa shape index (κ2) is 16.3. The first kappa shape index (κ1) is 33.2. The Hall–Kier alpha value is -3.97. The van der Waals surface area contributed by atoms with Gasteiger partial charge in [0.25, 0.3) is 0 Å². The molecule has 0 saturated heterocycles. The van der Waals surface area contributed by atoms with Crippen LogP contribution >= 0.6 is 0 Å². The number of fused-ring (bicyclic) bond motifs is 1. The molecule has 41 heavy (non-hydrogen) atoms. The van der Waals surface area contributed by atoms with Gasteiger partial charge in [-0.05, 0) is 49.8 Å². The van der Waals surface area contributed by atoms with Crippen molar-refractivity contribution in [3.8, 4) is 0 Å². The minimum atomic E-state index is -1.18. The zero-order valence-corrected chi connectivity index (χ0v) is 23.5. The second-order valence-electron chi connectivity index (χ2n) is 10.2. The molecule has 0 bridgehead atoms. The van der Waals surface area contributed by atoms with Crippen molar-refractivity contribution in [1.82, 2.24) is 20.9 Å². The van der Waals surface area contributed by atoms with Crippen molar-refractivity contribution in [2.45, 2.75) is 83.0 Å². The van der Waals surface area contributed by atoms with Gasteiger partial charge in [0.15, 0.2) is 0 Å². The van der Waals surface area contributed by atoms with Crippen molar-refractivity contribution in [2.75, 3.05) is 6.54 Å². The summed E-state index contributed by atoms with van der Waals surface area (Å²) in [5.41, 5.74) is 13.0. The van der Waals surface area contributed by atoms with Gasteiger partial charge in [0.05, 0.1) is 6.04 Å². The number of carbonyl (C=O) groups is 5. The number of aromatic amines is 1. The summed E-state index contributed by atoms with van der Waals surface area (Å²) in [4.78, 5) is 65.5. The van der Waals surface area contributed by atoms with E-state index in [0.717, 1.165) is 16.5 Å². The molecular weight excluding hydrogens is 532 g/mol. The molecule has 1 aromatic carbocycles. The minimum Gasteiger partial charge on any atom is -0.481 e. The van der Waals surface area contributed by atoms with E-state index in [4.69, 9.17) is 16.6 Å². The third-order valence-electron chi connectivity index (χ3n) is 7.09. The number of rotatable bonds is 18. The molecule has 1 heterocycles. The van der Waals surface area contributed by atoms with Gasteiger partial charge in [0.1, 0.15) is 18.1 Å². The molecular formula is C28H42N6O7. The van der Waals surface area contributed by atoms with Crippen LogP contribution in [0.25, 0.3) is 10.9 Å². The lowest BCUT2D eigenvalue weighted by atomic mass is 9.98. The molecule has 2 aromatic rings. The second-order valence-corrected chi connectivity index (χ2v) is 10.2. The lowest BCUT2D eigenvalue weighted by Gasteiger charge is -2.26. The first-order valence-electron chi connectivity index (χ1n) is 13.8. The van der Waals surface area contributed by atoms with Crippen molar-refractivity contribution in [3.05, 3.63) is 36.0 Å². The summed E-state index contributed by atoms with van der Waals surface area (Å²) in [6.45, 7) is 3.90. The number of nitrogens with one attached hydrogen (secondary N) is 4. The zero-order chi connectivity index (χ0) is 30.5. The van der Waals surface area contributed by atoms with E-state index in [-0.39, 0.29) is 31.6 Å². The summed E-state index contributed by atoms with van der Waals surface area (Å²) in [5.74, 6) is -4.67. The Morgan fingerprint density at radius 1 is 0.927 bits per heavy atom. The van der Waals surface area contributed by atoms with Crippen LogP contribution in [0.1, 0.15) is 57.9 Å². The van der Waals surface area contributed by atoms with Gasteiger partial charge in [-0.15, -0.1) is 0 Å². The minimum absolute atomic E-state index is 0.0506. The summed E-state index contributed by atoms with van der Waals surface area (Å²) in [7, 11) is 0. The topological polar surface area (TPSA) is 230 Å². The average molecular weight is 575 g/mol. The number of carboxylic acid groups (broad SMARTS) is 2. The highest BCUT2D eigenvalue weighted by Crippen LogP contribution is 2.19. The fraction of sp³-hybridized carbons (Fsp3) is 0.536. The number of hydrogen-bond acceptors (Lipinski definition) is 7. The molecule has 226 valence electrons. The Morgan fingerprint density at radius 3 is 2.22 bits per heavy atom. The number of carboxylic acids is 2. The summed E-state index contributed by atoms with van der Waals surface area (Å²) >= 11 is 0. The van der Waals surface area contributed by atoms with Gasteiger partial charge in [0.2, 0.25) is 17.7 Å². The lowest BCUT2D eigenvalue weighted by molar-refractivity contribution is -0.144. The normalized spacial score (nSPS) is 14.8. The van der Waals surface area contributed by atoms with Crippen molar-refractivity contribution in [1.29, 1.82) is 0 Å². The van der Waals surface area contributed by atoms with Crippen molar-refractivity contribution < 1.29 is 34.2 Å². The van der Waals surface area contributed by atoms with E-state index >= 15 is 0 Å². The Kier molecular flexibility index (Phi) is 13.2. The number of hydrogen-bond donors (Lipinski definition) is 8. The maximum absolute atomic E-state index is 13.6. The first-order chi connectivity index (χ1) is 19.5. The Morgan fingerprint density at radius 2 is 1.59 bits per heavy atom. The number of H-pyrrole nitrogens is 1. The Balaban J connectivity index is 2.30. The molecule has 0 radical (unpaired) electrons. The molecule has 13 nitrogen and oxygen atoms in total. The quantitative estimate of drug-likeness (QED) is 0.116. The highest BCUT2D eigenvalue weighted by Gasteiger charge is 2.32. The molecule has 5 atom stereocenters. The highest BCUT2D eigenvalue weighted by atomic mass is 16.4. The molecule has 0 fully saturated rings. The predicted octanol–water partition coefficient (Wildman–Crippen LogP) is 0.617. The molecule has 2 rings (SSSR count). The van der Waals surface area contributed by atoms with Crippen LogP contribution in [0.15, 0.2) is 30.5 Å². The molecule has 0 spiro atoms. The van der Waals surface area contributed by atoms with Crippen molar-refractivity contribution in [3.63, 3.8) is 0 Å². The number of nitrogens with two attached hydrogens (primary N) is 2. The largest absolute Gasteiger partial charge is 0.481 e. The summed E-state index contributed by atoms with van der Waals surface area (Å²) in [6.07, 6.45) is 3.12. The Labute approximate surface area is 238 Å². The lowest BCUT2D eigenvalue weighted by Crippen LogP contribution is -2.58. The van der Waals surface area contributed by atoms with Crippen LogP contribution in [-0.2, 0) is 30.4 Å². The third kappa shape index (κ3) is 10.2. The van der Waals surface area contributed by atoms with Crippen LogP contribution in [0.5, 0.6) is 0 Å². The molecule has 1 aromatic heterocycles. The number of unbranched alkanes of at least 4 members (excludes halogenated alkanes) is 1. The molecule has 0 saturated carbocycles. The van der Waals surface area contributed by atoms with Crippen LogP contribution < -0.4 is 27.4 Å². The number of amides is 3. The molecule has 0 aliphatic carbocycles. The summed E-state index contributed by atoms with van der Waals surface area (Å²) in [6, 6.07) is 2.86. The molecule has 13 heteroatoms. The van der Waals surface area contributed by atoms with Crippen LogP contribution in [-0.4, -0.2) is 75.6 Å². The smallest absolute Gasteiger partial charge is 0.326 e. The van der Waals surface area contributed by atoms with Crippen LogP contribution in [0, 0.1) is 5.92 Å². The number of aliphatic carboxylic acids is 2. The molecule has 3 amide bonds. The van der Waals surface area contributed by atoms with E-state index in [1.165, 1.54) is 0 Å². The molecule has 10 N–H and O–H groups in total. The van der Waals surface area contributed by atoms with Gasteiger partial charge in [-0.25, -0.2) is 4.79 Å².